The van der Waals surface area contributed by atoms with Crippen LogP contribution in [0.25, 0.3) is 11.0 Å². The topological polar surface area (TPSA) is 81.3 Å². The molecule has 1 aromatic heterocycles. The molecule has 2 unspecified atom stereocenters. The largest absolute Gasteiger partial charge is 0.485 e. The van der Waals surface area contributed by atoms with E-state index in [1.165, 1.54) is 0 Å². The molecule has 5 nitrogen and oxygen atoms in total. The number of hydrogen-bond acceptors (Lipinski definition) is 5. The van der Waals surface area contributed by atoms with Gasteiger partial charge in [0.05, 0.1) is 28.5 Å². The Morgan fingerprint density at radius 1 is 1.09 bits per heavy atom. The smallest absolute Gasteiger partial charge is 0.131 e. The van der Waals surface area contributed by atoms with Crippen LogP contribution in [0.2, 0.25) is 0 Å². The van der Waals surface area contributed by atoms with Gasteiger partial charge in [-0.25, -0.2) is 9.97 Å². The predicted molar refractivity (Wildman–Crippen MR) is 88.0 cm³/mol. The molecule has 0 spiro atoms. The van der Waals surface area contributed by atoms with Gasteiger partial charge in [-0.2, -0.15) is 0 Å². The molecule has 0 bridgehead atoms. The summed E-state index contributed by atoms with van der Waals surface area (Å²) in [6.45, 7) is 11.5. The lowest BCUT2D eigenvalue weighted by Crippen LogP contribution is -2.51. The SMILES string of the molecule is CC.Cc1nc2cc3c(cc2nc1C)C(N)C(O)C(C)(C)O3. The van der Waals surface area contributed by atoms with Crippen molar-refractivity contribution in [3.8, 4) is 5.75 Å². The molecule has 2 atom stereocenters. The van der Waals surface area contributed by atoms with Gasteiger partial charge in [0.15, 0.2) is 0 Å². The third kappa shape index (κ3) is 2.66. The van der Waals surface area contributed by atoms with Gasteiger partial charge in [-0.15, -0.1) is 0 Å². The summed E-state index contributed by atoms with van der Waals surface area (Å²) in [6, 6.07) is 3.24. The zero-order valence-electron chi connectivity index (χ0n) is 14.1. The molecule has 120 valence electrons. The van der Waals surface area contributed by atoms with Gasteiger partial charge in [-0.1, -0.05) is 13.8 Å². The van der Waals surface area contributed by atoms with Crippen molar-refractivity contribution >= 4 is 11.0 Å². The fourth-order valence-electron chi connectivity index (χ4n) is 2.57. The van der Waals surface area contributed by atoms with Crippen molar-refractivity contribution in [1.82, 2.24) is 9.97 Å². The first-order valence-electron chi connectivity index (χ1n) is 7.71. The summed E-state index contributed by atoms with van der Waals surface area (Å²) in [7, 11) is 0. The minimum Gasteiger partial charge on any atom is -0.485 e. The lowest BCUT2D eigenvalue weighted by molar-refractivity contribution is -0.0570. The van der Waals surface area contributed by atoms with Gasteiger partial charge >= 0.3 is 0 Å². The number of aliphatic hydroxyl groups excluding tert-OH is 1. The van der Waals surface area contributed by atoms with Gasteiger partial charge in [-0.3, -0.25) is 0 Å². The highest BCUT2D eigenvalue weighted by Crippen LogP contribution is 2.40. The van der Waals surface area contributed by atoms with Crippen molar-refractivity contribution in [3.63, 3.8) is 0 Å². The Morgan fingerprint density at radius 3 is 2.14 bits per heavy atom. The molecule has 1 aliphatic rings. The van der Waals surface area contributed by atoms with Crippen LogP contribution in [0.1, 0.15) is 50.7 Å². The van der Waals surface area contributed by atoms with Gasteiger partial charge in [-0.05, 0) is 33.8 Å². The number of aromatic nitrogens is 2. The normalized spacial score (nSPS) is 22.4. The average molecular weight is 303 g/mol. The summed E-state index contributed by atoms with van der Waals surface area (Å²) in [4.78, 5) is 9.05. The lowest BCUT2D eigenvalue weighted by Gasteiger charge is -2.40. The summed E-state index contributed by atoms with van der Waals surface area (Å²) in [6.07, 6.45) is -0.757. The van der Waals surface area contributed by atoms with E-state index in [0.29, 0.717) is 5.75 Å². The van der Waals surface area contributed by atoms with Crippen LogP contribution in [-0.2, 0) is 0 Å². The molecule has 2 aromatic rings. The van der Waals surface area contributed by atoms with E-state index < -0.39 is 17.7 Å². The minimum absolute atomic E-state index is 0.485. The van der Waals surface area contributed by atoms with Crippen LogP contribution in [0.4, 0.5) is 0 Å². The second-order valence-corrected chi connectivity index (χ2v) is 5.95. The molecule has 2 heterocycles. The molecule has 1 aliphatic heterocycles. The molecular formula is C17H25N3O2. The fraction of sp³-hybridized carbons (Fsp3) is 0.529. The van der Waals surface area contributed by atoms with Crippen LogP contribution in [0.3, 0.4) is 0 Å². The summed E-state index contributed by atoms with van der Waals surface area (Å²) in [5, 5.41) is 10.2. The number of hydrogen-bond donors (Lipinski definition) is 2. The Morgan fingerprint density at radius 2 is 1.59 bits per heavy atom. The first-order chi connectivity index (χ1) is 10.3. The maximum Gasteiger partial charge on any atom is 0.131 e. The zero-order chi connectivity index (χ0) is 16.7. The van der Waals surface area contributed by atoms with Gasteiger partial charge in [0.2, 0.25) is 0 Å². The number of rotatable bonds is 0. The Labute approximate surface area is 131 Å². The quantitative estimate of drug-likeness (QED) is 0.782. The molecule has 3 rings (SSSR count). The van der Waals surface area contributed by atoms with Crippen molar-refractivity contribution in [2.45, 2.75) is 59.3 Å². The van der Waals surface area contributed by atoms with E-state index in [1.54, 1.807) is 0 Å². The molecule has 0 saturated carbocycles. The molecule has 1 aromatic carbocycles. The van der Waals surface area contributed by atoms with Crippen LogP contribution in [-0.4, -0.2) is 26.8 Å². The molecule has 0 radical (unpaired) electrons. The first kappa shape index (κ1) is 16.6. The number of aryl methyl sites for hydroxylation is 2. The number of fused-ring (bicyclic) bond motifs is 2. The highest BCUT2D eigenvalue weighted by atomic mass is 16.5. The zero-order valence-corrected chi connectivity index (χ0v) is 14.1. The number of benzene rings is 1. The molecule has 22 heavy (non-hydrogen) atoms. The van der Waals surface area contributed by atoms with Gasteiger partial charge in [0.25, 0.3) is 0 Å². The Balaban J connectivity index is 0.000000847. The maximum atomic E-state index is 10.2. The van der Waals surface area contributed by atoms with Gasteiger partial charge in [0, 0.05) is 11.6 Å². The molecule has 0 aliphatic carbocycles. The Kier molecular flexibility index (Phi) is 4.40. The average Bonchev–Trinajstić information content (AvgIpc) is 2.47. The number of nitrogens with two attached hydrogens (primary N) is 1. The molecule has 0 saturated heterocycles. The second kappa shape index (κ2) is 5.82. The van der Waals surface area contributed by atoms with E-state index in [9.17, 15) is 5.11 Å². The van der Waals surface area contributed by atoms with Crippen LogP contribution < -0.4 is 10.5 Å². The molecule has 3 N–H and O–H groups in total. The predicted octanol–water partition coefficient (Wildman–Crippen LogP) is 2.80. The van der Waals surface area contributed by atoms with Crippen LogP contribution in [0, 0.1) is 13.8 Å². The first-order valence-corrected chi connectivity index (χ1v) is 7.71. The van der Waals surface area contributed by atoms with E-state index in [0.717, 1.165) is 28.0 Å². The minimum atomic E-state index is -0.757. The Hall–Kier alpha value is -1.72. The molecule has 5 heteroatoms. The third-order valence-corrected chi connectivity index (χ3v) is 3.99. The van der Waals surface area contributed by atoms with Gasteiger partial charge < -0.3 is 15.6 Å². The second-order valence-electron chi connectivity index (χ2n) is 5.95. The number of nitrogens with zero attached hydrogens (tertiary/aromatic N) is 2. The summed E-state index contributed by atoms with van der Waals surface area (Å²) < 4.78 is 5.88. The third-order valence-electron chi connectivity index (χ3n) is 3.99. The Bertz CT molecular complexity index is 698. The van der Waals surface area contributed by atoms with Crippen LogP contribution >= 0.6 is 0 Å². The van der Waals surface area contributed by atoms with Crippen molar-refractivity contribution in [2.75, 3.05) is 0 Å². The standard InChI is InChI=1S/C15H19N3O2.C2H6/c1-7-8(2)18-11-6-12-9(5-10(11)17-7)13(16)14(19)15(3,4)20-12;1-2/h5-6,13-14,19H,16H2,1-4H3;1-2H3. The van der Waals surface area contributed by atoms with Crippen LogP contribution in [0.5, 0.6) is 5.75 Å². The van der Waals surface area contributed by atoms with E-state index in [1.807, 2.05) is 53.7 Å². The molecule has 0 amide bonds. The number of ether oxygens (including phenoxy) is 1. The van der Waals surface area contributed by atoms with E-state index in [2.05, 4.69) is 9.97 Å². The number of aliphatic hydroxyl groups is 1. The van der Waals surface area contributed by atoms with E-state index in [-0.39, 0.29) is 0 Å². The molecular weight excluding hydrogens is 278 g/mol. The van der Waals surface area contributed by atoms with Crippen LogP contribution in [0.15, 0.2) is 12.1 Å². The lowest BCUT2D eigenvalue weighted by atomic mass is 9.87. The van der Waals surface area contributed by atoms with Crippen molar-refractivity contribution < 1.29 is 9.84 Å². The van der Waals surface area contributed by atoms with E-state index >= 15 is 0 Å². The highest BCUT2D eigenvalue weighted by Gasteiger charge is 2.41. The summed E-state index contributed by atoms with van der Waals surface area (Å²) in [5.41, 5.74) is 9.56. The summed E-state index contributed by atoms with van der Waals surface area (Å²) in [5.74, 6) is 0.679. The van der Waals surface area contributed by atoms with Crippen molar-refractivity contribution in [2.24, 2.45) is 5.73 Å². The van der Waals surface area contributed by atoms with E-state index in [4.69, 9.17) is 10.5 Å². The highest BCUT2D eigenvalue weighted by molar-refractivity contribution is 5.78. The summed E-state index contributed by atoms with van der Waals surface area (Å²) >= 11 is 0. The maximum absolute atomic E-state index is 10.2. The fourth-order valence-corrected chi connectivity index (χ4v) is 2.57. The van der Waals surface area contributed by atoms with Crippen molar-refractivity contribution in [3.05, 3.63) is 29.1 Å². The monoisotopic (exact) mass is 303 g/mol. The molecule has 0 fully saturated rings. The van der Waals surface area contributed by atoms with Gasteiger partial charge in [0.1, 0.15) is 17.5 Å². The van der Waals surface area contributed by atoms with Crippen molar-refractivity contribution in [1.29, 1.82) is 0 Å².